The second-order valence-electron chi connectivity index (χ2n) is 2.41. The van der Waals surface area contributed by atoms with Crippen molar-refractivity contribution in [3.63, 3.8) is 0 Å². The van der Waals surface area contributed by atoms with Crippen LogP contribution in [0.1, 0.15) is 5.56 Å². The molecule has 11 heavy (non-hydrogen) atoms. The van der Waals surface area contributed by atoms with Gasteiger partial charge in [-0.2, -0.15) is 0 Å². The van der Waals surface area contributed by atoms with Gasteiger partial charge in [0.1, 0.15) is 0 Å². The van der Waals surface area contributed by atoms with Crippen LogP contribution in [0.3, 0.4) is 0 Å². The number of hydrogen-bond acceptors (Lipinski definition) is 2. The molecule has 0 atom stereocenters. The van der Waals surface area contributed by atoms with E-state index in [4.69, 9.17) is 21.1 Å². The Labute approximate surface area is 69.7 Å². The zero-order valence-corrected chi connectivity index (χ0v) is 6.81. The van der Waals surface area contributed by atoms with Gasteiger partial charge < -0.3 is 9.47 Å². The molecule has 1 aromatic rings. The lowest BCUT2D eigenvalue weighted by Gasteiger charge is -2.00. The maximum Gasteiger partial charge on any atom is 0.231 e. The minimum Gasteiger partial charge on any atom is -0.454 e. The van der Waals surface area contributed by atoms with Crippen molar-refractivity contribution in [1.29, 1.82) is 0 Å². The number of benzene rings is 1. The Morgan fingerprint density at radius 3 is 3.00 bits per heavy atom. The van der Waals surface area contributed by atoms with Crippen LogP contribution in [0.5, 0.6) is 11.5 Å². The van der Waals surface area contributed by atoms with E-state index in [0.717, 1.165) is 17.1 Å². The van der Waals surface area contributed by atoms with Crippen LogP contribution in [-0.2, 0) is 0 Å². The highest BCUT2D eigenvalue weighted by Crippen LogP contribution is 2.38. The van der Waals surface area contributed by atoms with Crippen molar-refractivity contribution in [3.05, 3.63) is 22.7 Å². The van der Waals surface area contributed by atoms with E-state index in [1.54, 1.807) is 0 Å². The van der Waals surface area contributed by atoms with Gasteiger partial charge in [0.15, 0.2) is 11.5 Å². The molecule has 0 fully saturated rings. The van der Waals surface area contributed by atoms with Crippen LogP contribution in [0.2, 0.25) is 5.02 Å². The fourth-order valence-electron chi connectivity index (χ4n) is 1.09. The summed E-state index contributed by atoms with van der Waals surface area (Å²) in [5, 5.41) is 0.717. The zero-order valence-electron chi connectivity index (χ0n) is 6.06. The van der Waals surface area contributed by atoms with Gasteiger partial charge in [0.2, 0.25) is 6.79 Å². The minimum atomic E-state index is 0.302. The van der Waals surface area contributed by atoms with Gasteiger partial charge in [-0.3, -0.25) is 0 Å². The smallest absolute Gasteiger partial charge is 0.231 e. The molecular formula is C8H7ClO2. The first-order valence-electron chi connectivity index (χ1n) is 3.34. The molecule has 1 heterocycles. The molecule has 0 N–H and O–H groups in total. The average molecular weight is 171 g/mol. The van der Waals surface area contributed by atoms with E-state index in [9.17, 15) is 0 Å². The maximum absolute atomic E-state index is 5.86. The van der Waals surface area contributed by atoms with Crippen molar-refractivity contribution < 1.29 is 9.47 Å². The highest BCUT2D eigenvalue weighted by molar-refractivity contribution is 6.31. The highest BCUT2D eigenvalue weighted by atomic mass is 35.5. The first-order chi connectivity index (χ1) is 5.29. The first kappa shape index (κ1) is 6.80. The number of halogens is 1. The largest absolute Gasteiger partial charge is 0.454 e. The van der Waals surface area contributed by atoms with Crippen LogP contribution < -0.4 is 9.47 Å². The lowest BCUT2D eigenvalue weighted by Crippen LogP contribution is -1.93. The van der Waals surface area contributed by atoms with Gasteiger partial charge in [-0.05, 0) is 19.1 Å². The lowest BCUT2D eigenvalue weighted by atomic mass is 10.2. The monoisotopic (exact) mass is 170 g/mol. The van der Waals surface area contributed by atoms with Crippen LogP contribution in [0.15, 0.2) is 12.1 Å². The van der Waals surface area contributed by atoms with Crippen LogP contribution in [0.4, 0.5) is 0 Å². The Hall–Kier alpha value is -0.890. The Morgan fingerprint density at radius 1 is 1.36 bits per heavy atom. The van der Waals surface area contributed by atoms with E-state index in [0.29, 0.717) is 11.8 Å². The molecule has 0 saturated carbocycles. The summed E-state index contributed by atoms with van der Waals surface area (Å²) in [6, 6.07) is 3.63. The first-order valence-corrected chi connectivity index (χ1v) is 3.71. The van der Waals surface area contributed by atoms with E-state index >= 15 is 0 Å². The van der Waals surface area contributed by atoms with Gasteiger partial charge in [0.25, 0.3) is 0 Å². The van der Waals surface area contributed by atoms with Crippen molar-refractivity contribution in [2.24, 2.45) is 0 Å². The van der Waals surface area contributed by atoms with Crippen LogP contribution in [0.25, 0.3) is 0 Å². The summed E-state index contributed by atoms with van der Waals surface area (Å²) >= 11 is 5.86. The summed E-state index contributed by atoms with van der Waals surface area (Å²) in [4.78, 5) is 0. The van der Waals surface area contributed by atoms with Crippen molar-refractivity contribution >= 4 is 11.6 Å². The predicted octanol–water partition coefficient (Wildman–Crippen LogP) is 2.38. The predicted molar refractivity (Wildman–Crippen MR) is 42.3 cm³/mol. The van der Waals surface area contributed by atoms with Gasteiger partial charge >= 0.3 is 0 Å². The molecule has 2 rings (SSSR count). The highest BCUT2D eigenvalue weighted by Gasteiger charge is 2.16. The molecule has 0 amide bonds. The summed E-state index contributed by atoms with van der Waals surface area (Å²) in [5.74, 6) is 1.56. The van der Waals surface area contributed by atoms with E-state index in [1.807, 2.05) is 19.1 Å². The molecule has 2 nitrogen and oxygen atoms in total. The van der Waals surface area contributed by atoms with Gasteiger partial charge in [-0.25, -0.2) is 0 Å². The maximum atomic E-state index is 5.86. The number of fused-ring (bicyclic) bond motifs is 1. The quantitative estimate of drug-likeness (QED) is 0.595. The third-order valence-corrected chi connectivity index (χ3v) is 2.13. The summed E-state index contributed by atoms with van der Waals surface area (Å²) in [5.41, 5.74) is 0.946. The van der Waals surface area contributed by atoms with Gasteiger partial charge in [0, 0.05) is 10.6 Å². The van der Waals surface area contributed by atoms with Crippen molar-refractivity contribution in [1.82, 2.24) is 0 Å². The van der Waals surface area contributed by atoms with E-state index in [2.05, 4.69) is 0 Å². The lowest BCUT2D eigenvalue weighted by molar-refractivity contribution is 0.173. The molecule has 0 bridgehead atoms. The molecule has 0 aromatic heterocycles. The molecule has 3 heteroatoms. The Bertz CT molecular complexity index is 296. The average Bonchev–Trinajstić information content (AvgIpc) is 2.45. The number of hydrogen-bond donors (Lipinski definition) is 0. The third-order valence-electron chi connectivity index (χ3n) is 1.72. The van der Waals surface area contributed by atoms with E-state index in [1.165, 1.54) is 0 Å². The number of ether oxygens (including phenoxy) is 2. The van der Waals surface area contributed by atoms with Gasteiger partial charge in [-0.1, -0.05) is 11.6 Å². The Morgan fingerprint density at radius 2 is 2.18 bits per heavy atom. The molecular weight excluding hydrogens is 164 g/mol. The summed E-state index contributed by atoms with van der Waals surface area (Å²) < 4.78 is 10.4. The minimum absolute atomic E-state index is 0.302. The molecule has 0 aliphatic carbocycles. The van der Waals surface area contributed by atoms with Crippen molar-refractivity contribution in [2.45, 2.75) is 6.92 Å². The Kier molecular flexibility index (Phi) is 1.43. The molecule has 0 spiro atoms. The summed E-state index contributed by atoms with van der Waals surface area (Å²) in [6.45, 7) is 2.21. The fourth-order valence-corrected chi connectivity index (χ4v) is 1.24. The zero-order chi connectivity index (χ0) is 7.84. The molecule has 0 unspecified atom stereocenters. The molecule has 0 saturated heterocycles. The van der Waals surface area contributed by atoms with Crippen molar-refractivity contribution in [2.75, 3.05) is 6.79 Å². The van der Waals surface area contributed by atoms with E-state index < -0.39 is 0 Å². The van der Waals surface area contributed by atoms with Gasteiger partial charge in [0.05, 0.1) is 0 Å². The molecule has 0 radical (unpaired) electrons. The summed E-state index contributed by atoms with van der Waals surface area (Å²) in [6.07, 6.45) is 0. The van der Waals surface area contributed by atoms with E-state index in [-0.39, 0.29) is 0 Å². The van der Waals surface area contributed by atoms with Gasteiger partial charge in [-0.15, -0.1) is 0 Å². The topological polar surface area (TPSA) is 18.5 Å². The van der Waals surface area contributed by atoms with Crippen LogP contribution in [0, 0.1) is 6.92 Å². The molecule has 1 aliphatic rings. The normalized spacial score (nSPS) is 13.6. The standard InChI is InChI=1S/C8H7ClO2/c1-5-6(9)2-3-7-8(5)11-4-10-7/h2-3H,4H2,1H3. The second-order valence-corrected chi connectivity index (χ2v) is 2.81. The third kappa shape index (κ3) is 0.942. The van der Waals surface area contributed by atoms with Crippen molar-refractivity contribution in [3.8, 4) is 11.5 Å². The number of rotatable bonds is 0. The Balaban J connectivity index is 2.62. The molecule has 1 aliphatic heterocycles. The molecule has 1 aromatic carbocycles. The SMILES string of the molecule is Cc1c(Cl)ccc2c1OCO2. The fraction of sp³-hybridized carbons (Fsp3) is 0.250. The second kappa shape index (κ2) is 2.31. The van der Waals surface area contributed by atoms with Crippen LogP contribution >= 0.6 is 11.6 Å². The molecule has 58 valence electrons. The van der Waals surface area contributed by atoms with Crippen LogP contribution in [-0.4, -0.2) is 6.79 Å². The summed E-state index contributed by atoms with van der Waals surface area (Å²) in [7, 11) is 0.